The Morgan fingerprint density at radius 1 is 1.10 bits per heavy atom. The molecule has 1 atom stereocenters. The first-order valence-electron chi connectivity index (χ1n) is 10.3. The van der Waals surface area contributed by atoms with Crippen LogP contribution < -0.4 is 4.90 Å². The van der Waals surface area contributed by atoms with Gasteiger partial charge >= 0.3 is 0 Å². The Hall–Kier alpha value is -1.45. The van der Waals surface area contributed by atoms with Crippen molar-refractivity contribution in [2.75, 3.05) is 31.1 Å². The van der Waals surface area contributed by atoms with Crippen LogP contribution in [0.5, 0.6) is 0 Å². The van der Waals surface area contributed by atoms with Gasteiger partial charge in [0.05, 0.1) is 20.3 Å². The van der Waals surface area contributed by atoms with Crippen molar-refractivity contribution in [2.45, 2.75) is 31.1 Å². The quantitative estimate of drug-likeness (QED) is 0.528. The minimum absolute atomic E-state index is 0.167. The molecule has 1 aromatic carbocycles. The first kappa shape index (κ1) is 21.4. The van der Waals surface area contributed by atoms with E-state index in [2.05, 4.69) is 21.8 Å². The van der Waals surface area contributed by atoms with E-state index in [1.54, 1.807) is 17.7 Å². The second-order valence-corrected chi connectivity index (χ2v) is 12.0. The number of rotatable bonds is 3. The third-order valence-corrected chi connectivity index (χ3v) is 9.97. The first-order valence-corrected chi connectivity index (χ1v) is 13.3. The molecular weight excluding hydrogens is 475 g/mol. The van der Waals surface area contributed by atoms with Gasteiger partial charge in [-0.15, -0.1) is 11.3 Å². The lowest BCUT2D eigenvalue weighted by atomic mass is 9.88. The summed E-state index contributed by atoms with van der Waals surface area (Å²) in [7, 11) is -3.63. The number of sulfonamides is 1. The molecule has 1 saturated heterocycles. The largest absolute Gasteiger partial charge is 0.353 e. The van der Waals surface area contributed by atoms with Gasteiger partial charge in [-0.3, -0.25) is 0 Å². The Bertz CT molecular complexity index is 1250. The number of fused-ring (bicyclic) bond motifs is 3. The Kier molecular flexibility index (Phi) is 5.63. The Morgan fingerprint density at radius 2 is 1.87 bits per heavy atom. The fraction of sp³-hybridized carbons (Fsp3) is 0.429. The number of aromatic nitrogens is 2. The number of piperazine rings is 1. The van der Waals surface area contributed by atoms with Crippen LogP contribution in [0.3, 0.4) is 0 Å². The van der Waals surface area contributed by atoms with Gasteiger partial charge in [-0.25, -0.2) is 18.4 Å². The van der Waals surface area contributed by atoms with Crippen molar-refractivity contribution in [3.8, 4) is 0 Å². The normalized spacial score (nSPS) is 20.2. The lowest BCUT2D eigenvalue weighted by Crippen LogP contribution is -2.49. The summed E-state index contributed by atoms with van der Waals surface area (Å²) in [6.07, 6.45) is 5.00. The fourth-order valence-electron chi connectivity index (χ4n) is 4.43. The predicted molar refractivity (Wildman–Crippen MR) is 126 cm³/mol. The average molecular weight is 497 g/mol. The number of aryl methyl sites for hydroxylation is 1. The van der Waals surface area contributed by atoms with Gasteiger partial charge in [0.25, 0.3) is 0 Å². The molecule has 1 aliphatic heterocycles. The third-order valence-electron chi connectivity index (χ3n) is 6.13. The molecule has 10 heteroatoms. The van der Waals surface area contributed by atoms with E-state index < -0.39 is 10.0 Å². The second-order valence-electron chi connectivity index (χ2n) is 8.20. The van der Waals surface area contributed by atoms with Crippen molar-refractivity contribution in [3.05, 3.63) is 45.0 Å². The van der Waals surface area contributed by atoms with E-state index in [-0.39, 0.29) is 9.92 Å². The van der Waals surface area contributed by atoms with Crippen molar-refractivity contribution in [2.24, 2.45) is 5.92 Å². The number of thiophene rings is 1. The van der Waals surface area contributed by atoms with Gasteiger partial charge in [-0.2, -0.15) is 4.31 Å². The highest BCUT2D eigenvalue weighted by molar-refractivity contribution is 7.89. The van der Waals surface area contributed by atoms with E-state index in [4.69, 9.17) is 23.2 Å². The molecule has 3 heterocycles. The van der Waals surface area contributed by atoms with Crippen LogP contribution in [-0.4, -0.2) is 48.9 Å². The molecule has 6 nitrogen and oxygen atoms in total. The Labute approximate surface area is 195 Å². The number of hydrogen-bond donors (Lipinski definition) is 0. The molecule has 3 aromatic rings. The van der Waals surface area contributed by atoms with Crippen LogP contribution in [0.1, 0.15) is 23.8 Å². The molecule has 0 saturated carbocycles. The number of anilines is 1. The van der Waals surface area contributed by atoms with Crippen molar-refractivity contribution in [1.29, 1.82) is 0 Å². The summed E-state index contributed by atoms with van der Waals surface area (Å²) >= 11 is 13.8. The zero-order valence-electron chi connectivity index (χ0n) is 17.0. The van der Waals surface area contributed by atoms with Crippen molar-refractivity contribution in [3.63, 3.8) is 0 Å². The van der Waals surface area contributed by atoms with Gasteiger partial charge in [0.15, 0.2) is 0 Å². The average Bonchev–Trinajstić information content (AvgIpc) is 3.13. The fourth-order valence-corrected chi connectivity index (χ4v) is 7.42. The monoisotopic (exact) mass is 496 g/mol. The first-order chi connectivity index (χ1) is 14.8. The lowest BCUT2D eigenvalue weighted by Gasteiger charge is -2.35. The van der Waals surface area contributed by atoms with Gasteiger partial charge < -0.3 is 4.90 Å². The SMILES string of the molecule is C[C@@H]1CCc2sc3ncnc(N4CCN(S(=O)(=O)c5ccc(Cl)c(Cl)c5)CC4)c3c2C1. The minimum atomic E-state index is -3.63. The van der Waals surface area contributed by atoms with Crippen LogP contribution in [0.15, 0.2) is 29.4 Å². The topological polar surface area (TPSA) is 66.4 Å². The maximum atomic E-state index is 13.1. The van der Waals surface area contributed by atoms with Crippen LogP contribution in [0.25, 0.3) is 10.2 Å². The highest BCUT2D eigenvalue weighted by Crippen LogP contribution is 2.41. The molecule has 0 unspecified atom stereocenters. The van der Waals surface area contributed by atoms with Gasteiger partial charge in [0, 0.05) is 31.1 Å². The van der Waals surface area contributed by atoms with E-state index in [1.807, 2.05) is 0 Å². The van der Waals surface area contributed by atoms with E-state index in [0.717, 1.165) is 28.9 Å². The molecule has 5 rings (SSSR count). The number of nitrogens with zero attached hydrogens (tertiary/aromatic N) is 4. The smallest absolute Gasteiger partial charge is 0.243 e. The van der Waals surface area contributed by atoms with Crippen LogP contribution in [0, 0.1) is 5.92 Å². The molecule has 2 aliphatic rings. The van der Waals surface area contributed by atoms with Crippen molar-refractivity contribution >= 4 is 60.6 Å². The maximum Gasteiger partial charge on any atom is 0.243 e. The van der Waals surface area contributed by atoms with Gasteiger partial charge in [0.1, 0.15) is 17.0 Å². The van der Waals surface area contributed by atoms with Crippen LogP contribution in [-0.2, 0) is 22.9 Å². The van der Waals surface area contributed by atoms with Gasteiger partial charge in [0.2, 0.25) is 10.0 Å². The maximum absolute atomic E-state index is 13.1. The minimum Gasteiger partial charge on any atom is -0.353 e. The van der Waals surface area contributed by atoms with Crippen LogP contribution in [0.2, 0.25) is 10.0 Å². The van der Waals surface area contributed by atoms with Crippen molar-refractivity contribution in [1.82, 2.24) is 14.3 Å². The lowest BCUT2D eigenvalue weighted by molar-refractivity contribution is 0.384. The Morgan fingerprint density at radius 3 is 2.61 bits per heavy atom. The summed E-state index contributed by atoms with van der Waals surface area (Å²) in [5.41, 5.74) is 1.39. The highest BCUT2D eigenvalue weighted by Gasteiger charge is 2.31. The van der Waals surface area contributed by atoms with E-state index in [0.29, 0.717) is 37.1 Å². The molecule has 0 amide bonds. The molecule has 0 spiro atoms. The van der Waals surface area contributed by atoms with E-state index in [9.17, 15) is 8.42 Å². The molecule has 1 aliphatic carbocycles. The van der Waals surface area contributed by atoms with E-state index in [1.165, 1.54) is 39.4 Å². The third kappa shape index (κ3) is 3.82. The summed E-state index contributed by atoms with van der Waals surface area (Å²) in [6.45, 7) is 4.22. The summed E-state index contributed by atoms with van der Waals surface area (Å²) in [5, 5.41) is 1.74. The zero-order valence-corrected chi connectivity index (χ0v) is 20.2. The highest BCUT2D eigenvalue weighted by atomic mass is 35.5. The molecule has 0 N–H and O–H groups in total. The van der Waals surface area contributed by atoms with Crippen molar-refractivity contribution < 1.29 is 8.42 Å². The number of benzene rings is 1. The molecule has 0 bridgehead atoms. The molecule has 31 heavy (non-hydrogen) atoms. The summed E-state index contributed by atoms with van der Waals surface area (Å²) in [5.74, 6) is 1.59. The predicted octanol–water partition coefficient (Wildman–Crippen LogP) is 4.63. The second kappa shape index (κ2) is 8.15. The van der Waals surface area contributed by atoms with Gasteiger partial charge in [-0.1, -0.05) is 30.1 Å². The molecular formula is C21H22Cl2N4O2S2. The number of halogens is 2. The Balaban J connectivity index is 1.40. The molecule has 164 valence electrons. The number of hydrogen-bond acceptors (Lipinski definition) is 6. The summed E-state index contributed by atoms with van der Waals surface area (Å²) < 4.78 is 27.7. The molecule has 2 aromatic heterocycles. The molecule has 0 radical (unpaired) electrons. The van der Waals surface area contributed by atoms with Gasteiger partial charge in [-0.05, 0) is 48.9 Å². The summed E-state index contributed by atoms with van der Waals surface area (Å²) in [6, 6.07) is 4.44. The molecule has 1 fully saturated rings. The van der Waals surface area contributed by atoms with E-state index >= 15 is 0 Å². The summed E-state index contributed by atoms with van der Waals surface area (Å²) in [4.78, 5) is 14.0. The van der Waals surface area contributed by atoms with Crippen LogP contribution >= 0.6 is 34.5 Å². The standard InChI is InChI=1S/C21H22Cl2N4O2S2/c1-13-2-5-18-15(10-13)19-20(24-12-25-21(19)30-18)26-6-8-27(9-7-26)31(28,29)14-3-4-16(22)17(23)11-14/h3-4,11-13H,2,5-10H2,1H3/t13-/m1/s1. The van der Waals surface area contributed by atoms with Crippen LogP contribution in [0.4, 0.5) is 5.82 Å². The zero-order chi connectivity index (χ0) is 21.8.